The maximum absolute atomic E-state index is 9.93. The number of benzene rings is 2. The van der Waals surface area contributed by atoms with Gasteiger partial charge in [0.25, 0.3) is 0 Å². The summed E-state index contributed by atoms with van der Waals surface area (Å²) in [7, 11) is 1.99. The van der Waals surface area contributed by atoms with Crippen LogP contribution in [0.2, 0.25) is 0 Å². The first-order chi connectivity index (χ1) is 9.47. The van der Waals surface area contributed by atoms with Gasteiger partial charge in [0, 0.05) is 30.9 Å². The molecule has 0 aliphatic heterocycles. The lowest BCUT2D eigenvalue weighted by atomic mass is 10.1. The zero-order valence-electron chi connectivity index (χ0n) is 12.2. The molecule has 0 saturated heterocycles. The van der Waals surface area contributed by atoms with Gasteiger partial charge >= 0.3 is 0 Å². The van der Waals surface area contributed by atoms with Gasteiger partial charge in [-0.2, -0.15) is 0 Å². The summed E-state index contributed by atoms with van der Waals surface area (Å²) in [6.45, 7) is 4.49. The third kappa shape index (κ3) is 3.31. The van der Waals surface area contributed by atoms with Crippen LogP contribution in [0.5, 0.6) is 5.75 Å². The largest absolute Gasteiger partial charge is 0.507 e. The smallest absolute Gasteiger partial charge is 0.123 e. The van der Waals surface area contributed by atoms with Crippen LogP contribution in [0, 0.1) is 6.92 Å². The number of nitrogens with zero attached hydrogens (tertiary/aromatic N) is 1. The quantitative estimate of drug-likeness (QED) is 0.896. The molecule has 0 bridgehead atoms. The lowest BCUT2D eigenvalue weighted by Gasteiger charge is -2.21. The van der Waals surface area contributed by atoms with E-state index in [9.17, 15) is 10.2 Å². The standard InChI is InChI=1S/C17H21NO2/c1-12-5-4-6-14(9-12)11-18(3)15-7-8-16(13(2)19)17(20)10-15/h4-10,13,19-20H,11H2,1-3H3. The zero-order chi connectivity index (χ0) is 14.7. The Morgan fingerprint density at radius 3 is 2.50 bits per heavy atom. The molecule has 3 nitrogen and oxygen atoms in total. The number of phenolic OH excluding ortho intramolecular Hbond substituents is 1. The van der Waals surface area contributed by atoms with Crippen molar-refractivity contribution in [1.29, 1.82) is 0 Å². The van der Waals surface area contributed by atoms with Gasteiger partial charge in [0.15, 0.2) is 0 Å². The molecule has 1 atom stereocenters. The van der Waals surface area contributed by atoms with E-state index in [1.54, 1.807) is 19.1 Å². The van der Waals surface area contributed by atoms with Gasteiger partial charge in [-0.05, 0) is 25.5 Å². The molecule has 0 fully saturated rings. The van der Waals surface area contributed by atoms with Crippen molar-refractivity contribution in [3.8, 4) is 5.75 Å². The Morgan fingerprint density at radius 1 is 1.15 bits per heavy atom. The highest BCUT2D eigenvalue weighted by Gasteiger charge is 2.10. The van der Waals surface area contributed by atoms with Crippen LogP contribution in [0.3, 0.4) is 0 Å². The molecule has 2 aromatic carbocycles. The second kappa shape index (κ2) is 5.97. The zero-order valence-corrected chi connectivity index (χ0v) is 12.2. The Kier molecular flexibility index (Phi) is 4.30. The van der Waals surface area contributed by atoms with Crippen molar-refractivity contribution < 1.29 is 10.2 Å². The summed E-state index contributed by atoms with van der Waals surface area (Å²) in [6.07, 6.45) is -0.661. The third-order valence-corrected chi connectivity index (χ3v) is 3.41. The number of aryl methyl sites for hydroxylation is 1. The average Bonchev–Trinajstić information content (AvgIpc) is 2.38. The van der Waals surface area contributed by atoms with Gasteiger partial charge in [0.1, 0.15) is 5.75 Å². The van der Waals surface area contributed by atoms with Crippen LogP contribution in [0.25, 0.3) is 0 Å². The number of aliphatic hydroxyl groups is 1. The molecule has 106 valence electrons. The van der Waals surface area contributed by atoms with Crippen LogP contribution < -0.4 is 4.90 Å². The first-order valence-electron chi connectivity index (χ1n) is 6.75. The molecular formula is C17H21NO2. The molecule has 0 aliphatic carbocycles. The Bertz CT molecular complexity index is 593. The van der Waals surface area contributed by atoms with E-state index < -0.39 is 6.10 Å². The molecule has 2 N–H and O–H groups in total. The number of phenols is 1. The van der Waals surface area contributed by atoms with E-state index in [4.69, 9.17) is 0 Å². The van der Waals surface area contributed by atoms with Gasteiger partial charge < -0.3 is 15.1 Å². The normalized spacial score (nSPS) is 12.2. The van der Waals surface area contributed by atoms with Crippen LogP contribution in [-0.4, -0.2) is 17.3 Å². The highest BCUT2D eigenvalue weighted by Crippen LogP contribution is 2.29. The summed E-state index contributed by atoms with van der Waals surface area (Å²) in [5.74, 6) is 0.133. The first-order valence-corrected chi connectivity index (χ1v) is 6.75. The van der Waals surface area contributed by atoms with Gasteiger partial charge in [-0.15, -0.1) is 0 Å². The van der Waals surface area contributed by atoms with E-state index in [0.717, 1.165) is 12.2 Å². The fraction of sp³-hybridized carbons (Fsp3) is 0.294. The Balaban J connectivity index is 2.17. The molecule has 0 aromatic heterocycles. The van der Waals surface area contributed by atoms with E-state index in [0.29, 0.717) is 5.56 Å². The van der Waals surface area contributed by atoms with Crippen LogP contribution >= 0.6 is 0 Å². The Hall–Kier alpha value is -2.00. The first kappa shape index (κ1) is 14.4. The predicted molar refractivity (Wildman–Crippen MR) is 82.0 cm³/mol. The number of aliphatic hydroxyl groups excluding tert-OH is 1. The summed E-state index contributed by atoms with van der Waals surface area (Å²) < 4.78 is 0. The summed E-state index contributed by atoms with van der Waals surface area (Å²) in [4.78, 5) is 2.07. The molecule has 1 unspecified atom stereocenters. The van der Waals surface area contributed by atoms with E-state index in [-0.39, 0.29) is 5.75 Å². The molecule has 0 aliphatic rings. The maximum atomic E-state index is 9.93. The van der Waals surface area contributed by atoms with E-state index in [2.05, 4.69) is 30.0 Å². The molecule has 3 heteroatoms. The molecule has 2 aromatic rings. The summed E-state index contributed by atoms with van der Waals surface area (Å²) in [5.41, 5.74) is 3.95. The molecule has 20 heavy (non-hydrogen) atoms. The molecule has 0 spiro atoms. The minimum Gasteiger partial charge on any atom is -0.507 e. The topological polar surface area (TPSA) is 43.7 Å². The Labute approximate surface area is 120 Å². The SMILES string of the molecule is Cc1cccc(CN(C)c2ccc(C(C)O)c(O)c2)c1. The fourth-order valence-electron chi connectivity index (χ4n) is 2.30. The minimum absolute atomic E-state index is 0.133. The van der Waals surface area contributed by atoms with Gasteiger partial charge in [-0.25, -0.2) is 0 Å². The van der Waals surface area contributed by atoms with Crippen LogP contribution in [-0.2, 0) is 6.54 Å². The minimum atomic E-state index is -0.661. The van der Waals surface area contributed by atoms with Gasteiger partial charge in [0.05, 0.1) is 6.10 Å². The highest BCUT2D eigenvalue weighted by atomic mass is 16.3. The number of anilines is 1. The van der Waals surface area contributed by atoms with Gasteiger partial charge in [-0.1, -0.05) is 35.9 Å². The number of aromatic hydroxyl groups is 1. The van der Waals surface area contributed by atoms with Crippen molar-refractivity contribution in [2.24, 2.45) is 0 Å². The van der Waals surface area contributed by atoms with Crippen molar-refractivity contribution in [3.63, 3.8) is 0 Å². The monoisotopic (exact) mass is 271 g/mol. The van der Waals surface area contributed by atoms with Crippen LogP contribution in [0.4, 0.5) is 5.69 Å². The summed E-state index contributed by atoms with van der Waals surface area (Å²) in [6, 6.07) is 13.7. The highest BCUT2D eigenvalue weighted by molar-refractivity contribution is 5.53. The van der Waals surface area contributed by atoms with E-state index in [1.807, 2.05) is 19.2 Å². The fourth-order valence-corrected chi connectivity index (χ4v) is 2.30. The van der Waals surface area contributed by atoms with Crippen molar-refractivity contribution in [3.05, 3.63) is 59.2 Å². The molecule has 0 radical (unpaired) electrons. The van der Waals surface area contributed by atoms with Crippen LogP contribution in [0.1, 0.15) is 29.7 Å². The van der Waals surface area contributed by atoms with Gasteiger partial charge in [-0.3, -0.25) is 0 Å². The Morgan fingerprint density at radius 2 is 1.90 bits per heavy atom. The second-order valence-corrected chi connectivity index (χ2v) is 5.26. The maximum Gasteiger partial charge on any atom is 0.123 e. The lowest BCUT2D eigenvalue weighted by molar-refractivity contribution is 0.195. The van der Waals surface area contributed by atoms with Gasteiger partial charge in [0.2, 0.25) is 0 Å². The third-order valence-electron chi connectivity index (χ3n) is 3.41. The number of rotatable bonds is 4. The van der Waals surface area contributed by atoms with E-state index >= 15 is 0 Å². The van der Waals surface area contributed by atoms with Crippen molar-refractivity contribution in [2.45, 2.75) is 26.5 Å². The molecule has 0 heterocycles. The van der Waals surface area contributed by atoms with Crippen LogP contribution in [0.15, 0.2) is 42.5 Å². The summed E-state index contributed by atoms with van der Waals surface area (Å²) >= 11 is 0. The van der Waals surface area contributed by atoms with E-state index in [1.165, 1.54) is 11.1 Å². The van der Waals surface area contributed by atoms with Crippen molar-refractivity contribution >= 4 is 5.69 Å². The predicted octanol–water partition coefficient (Wildman–Crippen LogP) is 3.39. The molecule has 0 amide bonds. The molecule has 2 rings (SSSR count). The number of hydrogen-bond acceptors (Lipinski definition) is 3. The number of hydrogen-bond donors (Lipinski definition) is 2. The average molecular weight is 271 g/mol. The lowest BCUT2D eigenvalue weighted by Crippen LogP contribution is -2.16. The molecular weight excluding hydrogens is 250 g/mol. The van der Waals surface area contributed by atoms with Crippen molar-refractivity contribution in [1.82, 2.24) is 0 Å². The van der Waals surface area contributed by atoms with Crippen molar-refractivity contribution in [2.75, 3.05) is 11.9 Å². The molecule has 0 saturated carbocycles. The second-order valence-electron chi connectivity index (χ2n) is 5.26. The summed E-state index contributed by atoms with van der Waals surface area (Å²) in [5, 5.41) is 19.5.